The number of Topliss-reactive ketones (excluding diaryl/α,β-unsaturated/α-hetero) is 2. The second-order valence-electron chi connectivity index (χ2n) is 18.1. The standard InChI is InChI=1S/C32H53N3O4.C15H16Cl2FNS.C8H13NO2/c1-5-7-12-21-32(24-33,20-6-2)22-13-8-10-18-29(38)34-23-14-9-11-19-30(39)35-28-17-15-16-27(25(3)36)31(28)26(4)37;1-4-6-10(2)9-19-15(11(3)18)20-13-8-5-7-12(16)14(13)17;1-2-3-6-4-5-7(10)9-8(6)11/h15-17H,5-14,18-24,33H2,1-4H3,(H,34,38)(H,35,39);5-9H,4H2,1-3H3;6H,2-5H2,1H3,(H,9,10,11)/b;10-6-,15-11-,19-9-;. The first-order valence-electron chi connectivity index (χ1n) is 25.3. The number of anilines is 1. The fourth-order valence-corrected chi connectivity index (χ4v) is 9.39. The third kappa shape index (κ3) is 25.8. The molecular weight excluding hydrogens is 949 g/mol. The van der Waals surface area contributed by atoms with Crippen molar-refractivity contribution < 1.29 is 33.2 Å². The summed E-state index contributed by atoms with van der Waals surface area (Å²) in [6.45, 7) is 16.0. The molecular formula is C55H82Cl2FN5O6S. The summed E-state index contributed by atoms with van der Waals surface area (Å²) in [5, 5.41) is 9.23. The first kappa shape index (κ1) is 63.8. The van der Waals surface area contributed by atoms with Crippen molar-refractivity contribution in [3.8, 4) is 0 Å². The molecule has 0 radical (unpaired) electrons. The van der Waals surface area contributed by atoms with Crippen LogP contribution in [0.3, 0.4) is 0 Å². The van der Waals surface area contributed by atoms with Crippen molar-refractivity contribution >= 4 is 82.1 Å². The summed E-state index contributed by atoms with van der Waals surface area (Å²) in [6, 6.07) is 10.1. The van der Waals surface area contributed by atoms with Crippen LogP contribution in [0.15, 0.2) is 68.8 Å². The normalized spacial score (nSPS) is 14.9. The Hall–Kier alpha value is -4.17. The van der Waals surface area contributed by atoms with Crippen LogP contribution >= 0.6 is 35.0 Å². The molecule has 2 aromatic carbocycles. The van der Waals surface area contributed by atoms with Crippen molar-refractivity contribution in [2.24, 2.45) is 22.1 Å². The number of rotatable bonds is 29. The number of imide groups is 1. The molecule has 2 atom stereocenters. The maximum Gasteiger partial charge on any atom is 0.229 e. The highest BCUT2D eigenvalue weighted by Gasteiger charge is 2.27. The van der Waals surface area contributed by atoms with E-state index in [2.05, 4.69) is 34.8 Å². The molecule has 1 saturated heterocycles. The third-order valence-electron chi connectivity index (χ3n) is 11.9. The Morgan fingerprint density at radius 3 is 2.07 bits per heavy atom. The van der Waals surface area contributed by atoms with E-state index in [0.29, 0.717) is 58.4 Å². The fraction of sp³-hybridized carbons (Fsp3) is 0.582. The molecule has 1 aliphatic heterocycles. The van der Waals surface area contributed by atoms with E-state index in [-0.39, 0.29) is 62.9 Å². The number of hydrogen-bond acceptors (Lipinski definition) is 9. The summed E-state index contributed by atoms with van der Waals surface area (Å²) >= 11 is 13.2. The highest BCUT2D eigenvalue weighted by atomic mass is 35.5. The van der Waals surface area contributed by atoms with Crippen LogP contribution in [0.1, 0.15) is 205 Å². The molecule has 70 heavy (non-hydrogen) atoms. The molecule has 1 fully saturated rings. The lowest BCUT2D eigenvalue weighted by atomic mass is 9.74. The van der Waals surface area contributed by atoms with Crippen molar-refractivity contribution in [3.63, 3.8) is 0 Å². The number of aliphatic imine (C=N–C) groups is 1. The van der Waals surface area contributed by atoms with Crippen LogP contribution < -0.4 is 21.7 Å². The highest BCUT2D eigenvalue weighted by Crippen LogP contribution is 2.39. The molecule has 1 aliphatic rings. The van der Waals surface area contributed by atoms with Crippen LogP contribution in [-0.2, 0) is 19.2 Å². The number of carbonyl (C=O) groups is 6. The second-order valence-corrected chi connectivity index (χ2v) is 19.9. The van der Waals surface area contributed by atoms with Crippen molar-refractivity contribution in [1.29, 1.82) is 0 Å². The topological polar surface area (TPSA) is 177 Å². The lowest BCUT2D eigenvalue weighted by molar-refractivity contribution is -0.136. The maximum atomic E-state index is 13.6. The molecule has 0 bridgehead atoms. The Balaban J connectivity index is 0.000000646. The molecule has 1 heterocycles. The number of hydrogen-bond donors (Lipinski definition) is 4. The van der Waals surface area contributed by atoms with E-state index in [4.69, 9.17) is 28.9 Å². The number of nitrogens with two attached hydrogens (primary N) is 1. The Morgan fingerprint density at radius 2 is 1.49 bits per heavy atom. The molecule has 11 nitrogen and oxygen atoms in total. The fourth-order valence-electron chi connectivity index (χ4n) is 8.12. The molecule has 0 aliphatic carbocycles. The van der Waals surface area contributed by atoms with Gasteiger partial charge in [-0.15, -0.1) is 0 Å². The molecule has 3 rings (SSSR count). The zero-order chi connectivity index (χ0) is 52.5. The summed E-state index contributed by atoms with van der Waals surface area (Å²) in [6.07, 6.45) is 22.5. The van der Waals surface area contributed by atoms with Gasteiger partial charge in [-0.25, -0.2) is 9.38 Å². The minimum Gasteiger partial charge on any atom is -0.356 e. The van der Waals surface area contributed by atoms with Crippen LogP contribution in [-0.4, -0.2) is 54.5 Å². The number of unbranched alkanes of at least 4 members (excludes halogenated alkanes) is 6. The number of halogens is 3. The number of amides is 4. The van der Waals surface area contributed by atoms with Crippen LogP contribution in [0, 0.1) is 11.3 Å². The number of thioether (sulfide) groups is 1. The number of nitrogens with one attached hydrogen (secondary N) is 3. The number of piperidine rings is 1. The van der Waals surface area contributed by atoms with Crippen molar-refractivity contribution in [2.75, 3.05) is 18.4 Å². The van der Waals surface area contributed by atoms with E-state index in [1.54, 1.807) is 42.6 Å². The molecule has 15 heteroatoms. The summed E-state index contributed by atoms with van der Waals surface area (Å²) in [5.41, 5.74) is 8.42. The van der Waals surface area contributed by atoms with Gasteiger partial charge in [0.25, 0.3) is 0 Å². The molecule has 5 N–H and O–H groups in total. The van der Waals surface area contributed by atoms with E-state index < -0.39 is 0 Å². The van der Waals surface area contributed by atoms with E-state index >= 15 is 0 Å². The summed E-state index contributed by atoms with van der Waals surface area (Å²) < 4.78 is 13.6. The quantitative estimate of drug-likeness (QED) is 0.0205. The second kappa shape index (κ2) is 36.7. The molecule has 0 saturated carbocycles. The predicted octanol–water partition coefficient (Wildman–Crippen LogP) is 14.5. The minimum absolute atomic E-state index is 0.0805. The van der Waals surface area contributed by atoms with Gasteiger partial charge in [-0.2, -0.15) is 0 Å². The third-order valence-corrected chi connectivity index (χ3v) is 14.0. The van der Waals surface area contributed by atoms with E-state index in [9.17, 15) is 33.2 Å². The first-order valence-corrected chi connectivity index (χ1v) is 26.9. The Labute approximate surface area is 433 Å². The molecule has 0 spiro atoms. The Kier molecular flexibility index (Phi) is 33.5. The number of nitrogens with zero attached hydrogens (tertiary/aromatic N) is 1. The molecule has 0 aromatic heterocycles. The van der Waals surface area contributed by atoms with Crippen LogP contribution in [0.4, 0.5) is 10.1 Å². The smallest absolute Gasteiger partial charge is 0.229 e. The molecule has 2 unspecified atom stereocenters. The SMILES string of the molecule is CCCC1CCC(=O)NC1=O.CCCCCC(CN)(CCC)CCCCCC(=O)NCCCCCC(=O)Nc1cccc(C(C)=O)c1C(C)=O.CC\C=C(C)/C=N\C(Sc1cccc(Cl)c1Cl)=C(/C)F. The largest absolute Gasteiger partial charge is 0.356 e. The zero-order valence-electron chi connectivity index (χ0n) is 43.3. The lowest BCUT2D eigenvalue weighted by Gasteiger charge is -2.33. The van der Waals surface area contributed by atoms with E-state index in [1.807, 2.05) is 26.8 Å². The van der Waals surface area contributed by atoms with Gasteiger partial charge in [0, 0.05) is 48.4 Å². The van der Waals surface area contributed by atoms with Gasteiger partial charge in [0.05, 0.1) is 21.3 Å². The van der Waals surface area contributed by atoms with Gasteiger partial charge >= 0.3 is 0 Å². The number of allylic oxidation sites excluding steroid dienone is 3. The number of ketones is 2. The number of benzene rings is 2. The maximum absolute atomic E-state index is 13.6. The Bertz CT molecular complexity index is 2070. The zero-order valence-corrected chi connectivity index (χ0v) is 45.6. The van der Waals surface area contributed by atoms with E-state index in [0.717, 1.165) is 88.1 Å². The van der Waals surface area contributed by atoms with Crippen LogP contribution in [0.25, 0.3) is 0 Å². The van der Waals surface area contributed by atoms with Crippen molar-refractivity contribution in [3.05, 3.63) is 80.1 Å². The summed E-state index contributed by atoms with van der Waals surface area (Å²) in [7, 11) is 0. The van der Waals surface area contributed by atoms with Gasteiger partial charge in [0.2, 0.25) is 23.6 Å². The van der Waals surface area contributed by atoms with Crippen molar-refractivity contribution in [2.45, 2.75) is 189 Å². The molecule has 390 valence electrons. The van der Waals surface area contributed by atoms with Crippen molar-refractivity contribution in [1.82, 2.24) is 10.6 Å². The van der Waals surface area contributed by atoms with Gasteiger partial charge in [0.15, 0.2) is 11.6 Å². The number of carbonyl (C=O) groups excluding carboxylic acids is 6. The first-order chi connectivity index (χ1) is 33.4. The van der Waals surface area contributed by atoms with Gasteiger partial charge < -0.3 is 16.4 Å². The molecule has 4 amide bonds. The molecule has 2 aromatic rings. The monoisotopic (exact) mass is 1030 g/mol. The van der Waals surface area contributed by atoms with Crippen LogP contribution in [0.2, 0.25) is 10.0 Å². The highest BCUT2D eigenvalue weighted by molar-refractivity contribution is 8.03. The van der Waals surface area contributed by atoms with E-state index in [1.165, 1.54) is 59.3 Å². The lowest BCUT2D eigenvalue weighted by Crippen LogP contribution is -2.40. The van der Waals surface area contributed by atoms with Gasteiger partial charge in [-0.1, -0.05) is 138 Å². The summed E-state index contributed by atoms with van der Waals surface area (Å²) in [4.78, 5) is 75.1. The average molecular weight is 1030 g/mol. The average Bonchev–Trinajstić information content (AvgIpc) is 3.31. The summed E-state index contributed by atoms with van der Waals surface area (Å²) in [5.74, 6) is -1.04. The predicted molar refractivity (Wildman–Crippen MR) is 290 cm³/mol. The minimum atomic E-state index is -0.355. The van der Waals surface area contributed by atoms with Gasteiger partial charge in [-0.05, 0) is 121 Å². The van der Waals surface area contributed by atoms with Gasteiger partial charge in [-0.3, -0.25) is 34.1 Å². The van der Waals surface area contributed by atoms with Crippen LogP contribution in [0.5, 0.6) is 0 Å². The Morgan fingerprint density at radius 1 is 0.829 bits per heavy atom. The van der Waals surface area contributed by atoms with Gasteiger partial charge in [0.1, 0.15) is 10.9 Å².